The monoisotopic (exact) mass is 378 g/mol. The lowest BCUT2D eigenvalue weighted by Crippen LogP contribution is -2.07. The van der Waals surface area contributed by atoms with Crippen molar-refractivity contribution in [3.63, 3.8) is 0 Å². The molecule has 0 saturated heterocycles. The number of methoxy groups -OCH3 is 1. The van der Waals surface area contributed by atoms with Crippen LogP contribution in [0.2, 0.25) is 0 Å². The molecule has 0 N–H and O–H groups in total. The molecule has 0 bridgehead atoms. The normalized spacial score (nSPS) is 10.8. The first-order valence-corrected chi connectivity index (χ1v) is 10.2. The molecular weight excluding hydrogens is 352 g/mol. The molecular formula is C24H26O2S. The van der Waals surface area contributed by atoms with Crippen molar-refractivity contribution in [2.45, 2.75) is 40.0 Å². The first-order chi connectivity index (χ1) is 13.0. The van der Waals surface area contributed by atoms with Crippen molar-refractivity contribution in [1.82, 2.24) is 0 Å². The highest BCUT2D eigenvalue weighted by molar-refractivity contribution is 7.12. The first kappa shape index (κ1) is 19.4. The minimum absolute atomic E-state index is 0.114. The minimum Gasteiger partial charge on any atom is -0.496 e. The van der Waals surface area contributed by atoms with Gasteiger partial charge in [0.2, 0.25) is 0 Å². The topological polar surface area (TPSA) is 26.3 Å². The summed E-state index contributed by atoms with van der Waals surface area (Å²) in [6.45, 7) is 6.30. The van der Waals surface area contributed by atoms with Crippen LogP contribution in [0.4, 0.5) is 0 Å². The summed E-state index contributed by atoms with van der Waals surface area (Å²) >= 11 is 1.74. The van der Waals surface area contributed by atoms with Gasteiger partial charge in [0, 0.05) is 27.3 Å². The van der Waals surface area contributed by atoms with E-state index in [9.17, 15) is 4.79 Å². The van der Waals surface area contributed by atoms with Crippen LogP contribution in [0, 0.1) is 13.8 Å². The lowest BCUT2D eigenvalue weighted by molar-refractivity contribution is 0.103. The molecule has 0 aliphatic heterocycles. The van der Waals surface area contributed by atoms with E-state index in [2.05, 4.69) is 32.9 Å². The molecule has 0 radical (unpaired) electrons. The molecule has 0 aliphatic carbocycles. The quantitative estimate of drug-likeness (QED) is 0.461. The van der Waals surface area contributed by atoms with Crippen LogP contribution in [-0.4, -0.2) is 12.9 Å². The largest absolute Gasteiger partial charge is 0.496 e. The first-order valence-electron chi connectivity index (χ1n) is 9.39. The number of carbonyl (C=O) groups excluding carboxylic acids is 1. The number of ketones is 1. The van der Waals surface area contributed by atoms with Crippen molar-refractivity contribution < 1.29 is 9.53 Å². The van der Waals surface area contributed by atoms with Crippen molar-refractivity contribution in [2.75, 3.05) is 7.11 Å². The van der Waals surface area contributed by atoms with Gasteiger partial charge in [0.05, 0.1) is 7.11 Å². The summed E-state index contributed by atoms with van der Waals surface area (Å²) in [7, 11) is 1.68. The molecule has 2 nitrogen and oxygen atoms in total. The molecule has 2 aromatic carbocycles. The summed E-state index contributed by atoms with van der Waals surface area (Å²) in [5.41, 5.74) is 5.04. The molecule has 0 amide bonds. The van der Waals surface area contributed by atoms with Crippen LogP contribution in [0.15, 0.2) is 48.5 Å². The van der Waals surface area contributed by atoms with Gasteiger partial charge in [-0.05, 0) is 55.2 Å². The molecule has 3 heteroatoms. The third kappa shape index (κ3) is 4.14. The van der Waals surface area contributed by atoms with Gasteiger partial charge < -0.3 is 4.74 Å². The maximum absolute atomic E-state index is 13.4. The standard InChI is InChI=1S/C24H26O2S/c1-5-9-19-15-20(12-13-21(19)26-4)24(25)23-16(2)17(3)27-22(23)14-18-10-7-6-8-11-18/h6-8,10-13,15H,5,9,14H2,1-4H3. The number of benzene rings is 2. The summed E-state index contributed by atoms with van der Waals surface area (Å²) in [4.78, 5) is 15.8. The average molecular weight is 379 g/mol. The molecule has 0 fully saturated rings. The average Bonchev–Trinajstić information content (AvgIpc) is 2.95. The second-order valence-electron chi connectivity index (χ2n) is 6.85. The van der Waals surface area contributed by atoms with Crippen LogP contribution in [0.3, 0.4) is 0 Å². The van der Waals surface area contributed by atoms with E-state index in [0.717, 1.165) is 52.1 Å². The van der Waals surface area contributed by atoms with Gasteiger partial charge in [-0.1, -0.05) is 43.7 Å². The third-order valence-corrected chi connectivity index (χ3v) is 6.16. The van der Waals surface area contributed by atoms with E-state index in [1.54, 1.807) is 18.4 Å². The summed E-state index contributed by atoms with van der Waals surface area (Å²) in [5, 5.41) is 0. The number of ether oxygens (including phenoxy) is 1. The van der Waals surface area contributed by atoms with Crippen LogP contribution >= 0.6 is 11.3 Å². The van der Waals surface area contributed by atoms with Crippen LogP contribution in [0.25, 0.3) is 0 Å². The van der Waals surface area contributed by atoms with Crippen molar-refractivity contribution >= 4 is 17.1 Å². The molecule has 0 unspecified atom stereocenters. The molecule has 3 rings (SSSR count). The van der Waals surface area contributed by atoms with Gasteiger partial charge in [-0.25, -0.2) is 0 Å². The van der Waals surface area contributed by atoms with E-state index in [1.807, 2.05) is 36.4 Å². The zero-order chi connectivity index (χ0) is 19.4. The number of thiophene rings is 1. The number of aryl methyl sites for hydroxylation is 2. The van der Waals surface area contributed by atoms with Gasteiger partial charge in [-0.2, -0.15) is 0 Å². The third-order valence-electron chi connectivity index (χ3n) is 4.95. The molecule has 3 aromatic rings. The highest BCUT2D eigenvalue weighted by Gasteiger charge is 2.21. The van der Waals surface area contributed by atoms with E-state index < -0.39 is 0 Å². The maximum Gasteiger partial charge on any atom is 0.194 e. The highest BCUT2D eigenvalue weighted by atomic mass is 32.1. The van der Waals surface area contributed by atoms with E-state index in [-0.39, 0.29) is 5.78 Å². The number of rotatable bonds is 7. The Hall–Kier alpha value is -2.39. The van der Waals surface area contributed by atoms with Gasteiger partial charge >= 0.3 is 0 Å². The zero-order valence-electron chi connectivity index (χ0n) is 16.5. The molecule has 0 saturated carbocycles. The Morgan fingerprint density at radius 1 is 1.07 bits per heavy atom. The molecule has 0 aliphatic rings. The Morgan fingerprint density at radius 2 is 1.81 bits per heavy atom. The van der Waals surface area contributed by atoms with Crippen LogP contribution < -0.4 is 4.74 Å². The number of hydrogen-bond acceptors (Lipinski definition) is 3. The summed E-state index contributed by atoms with van der Waals surface area (Å²) < 4.78 is 5.46. The summed E-state index contributed by atoms with van der Waals surface area (Å²) in [5.74, 6) is 0.971. The predicted octanol–water partition coefficient (Wildman–Crippen LogP) is 6.15. The molecule has 27 heavy (non-hydrogen) atoms. The van der Waals surface area contributed by atoms with E-state index >= 15 is 0 Å². The molecule has 0 atom stereocenters. The SMILES string of the molecule is CCCc1cc(C(=O)c2c(Cc3ccccc3)sc(C)c2C)ccc1OC. The second kappa shape index (κ2) is 8.53. The van der Waals surface area contributed by atoms with Crippen LogP contribution in [0.1, 0.15) is 55.7 Å². The van der Waals surface area contributed by atoms with Crippen molar-refractivity contribution in [3.05, 3.63) is 86.1 Å². The summed E-state index contributed by atoms with van der Waals surface area (Å²) in [6, 6.07) is 16.2. The Bertz CT molecular complexity index is 939. The Labute approximate surface area is 165 Å². The van der Waals surface area contributed by atoms with Gasteiger partial charge in [0.15, 0.2) is 5.78 Å². The van der Waals surface area contributed by atoms with Crippen molar-refractivity contribution in [2.24, 2.45) is 0 Å². The highest BCUT2D eigenvalue weighted by Crippen LogP contribution is 2.32. The van der Waals surface area contributed by atoms with Gasteiger partial charge in [-0.3, -0.25) is 4.79 Å². The van der Waals surface area contributed by atoms with E-state index in [1.165, 1.54) is 10.4 Å². The predicted molar refractivity (Wildman–Crippen MR) is 113 cm³/mol. The van der Waals surface area contributed by atoms with Gasteiger partial charge in [0.25, 0.3) is 0 Å². The fraction of sp³-hybridized carbons (Fsp3) is 0.292. The Balaban J connectivity index is 2.01. The van der Waals surface area contributed by atoms with Crippen molar-refractivity contribution in [3.8, 4) is 5.75 Å². The second-order valence-corrected chi connectivity index (χ2v) is 8.16. The van der Waals surface area contributed by atoms with Crippen molar-refractivity contribution in [1.29, 1.82) is 0 Å². The van der Waals surface area contributed by atoms with Crippen LogP contribution in [-0.2, 0) is 12.8 Å². The van der Waals surface area contributed by atoms with Gasteiger partial charge in [0.1, 0.15) is 5.75 Å². The Morgan fingerprint density at radius 3 is 2.48 bits per heavy atom. The molecule has 1 aromatic heterocycles. The minimum atomic E-state index is 0.114. The number of hydrogen-bond donors (Lipinski definition) is 0. The smallest absolute Gasteiger partial charge is 0.194 e. The lowest BCUT2D eigenvalue weighted by Gasteiger charge is -2.11. The molecule has 140 valence electrons. The van der Waals surface area contributed by atoms with E-state index in [4.69, 9.17) is 4.74 Å². The maximum atomic E-state index is 13.4. The van der Waals surface area contributed by atoms with E-state index in [0.29, 0.717) is 0 Å². The summed E-state index contributed by atoms with van der Waals surface area (Å²) in [6.07, 6.45) is 2.71. The lowest BCUT2D eigenvalue weighted by atomic mass is 9.95. The fourth-order valence-electron chi connectivity index (χ4n) is 3.43. The number of carbonyl (C=O) groups is 1. The molecule has 1 heterocycles. The van der Waals surface area contributed by atoms with Crippen LogP contribution in [0.5, 0.6) is 5.75 Å². The van der Waals surface area contributed by atoms with Gasteiger partial charge in [-0.15, -0.1) is 11.3 Å². The zero-order valence-corrected chi connectivity index (χ0v) is 17.3. The fourth-order valence-corrected chi connectivity index (χ4v) is 4.64. The Kier molecular flexibility index (Phi) is 6.12. The molecule has 0 spiro atoms.